The summed E-state index contributed by atoms with van der Waals surface area (Å²) in [5.74, 6) is -0.964. The lowest BCUT2D eigenvalue weighted by atomic mass is 10.0. The molecule has 0 spiro atoms. The summed E-state index contributed by atoms with van der Waals surface area (Å²) in [6, 6.07) is 0. The zero-order chi connectivity index (χ0) is 52.2. The van der Waals surface area contributed by atoms with E-state index in [4.69, 9.17) is 14.2 Å². The van der Waals surface area contributed by atoms with E-state index in [9.17, 15) is 14.4 Å². The van der Waals surface area contributed by atoms with Crippen LogP contribution in [0.1, 0.15) is 323 Å². The molecular weight excluding hydrogens is 889 g/mol. The maximum absolute atomic E-state index is 12.9. The third-order valence-corrected chi connectivity index (χ3v) is 13.8. The van der Waals surface area contributed by atoms with Crippen molar-refractivity contribution in [2.75, 3.05) is 13.2 Å². The second-order valence-electron chi connectivity index (χ2n) is 20.9. The number of ether oxygens (including phenoxy) is 3. The standard InChI is InChI=1S/C66H118O6/c1-4-7-10-13-16-19-22-25-27-29-31-33-35-36-38-41-44-47-50-53-56-59-65(68)71-62-63(61-70-64(67)58-55-52-49-46-43-40-24-21-18-15-12-9-6-3)72-66(69)60-57-54-51-48-45-42-39-37-34-32-30-28-26-23-20-17-14-11-8-5-2/h9,12,18,21,29,31,40,43,49,52,63H,4-8,10-11,13-17,19-20,22-28,30,32-39,41-42,44-48,50-51,53-62H2,1-3H3/b12-9-,21-18-,31-29-,43-40-,52-49-. The summed E-state index contributed by atoms with van der Waals surface area (Å²) < 4.78 is 16.8. The lowest BCUT2D eigenvalue weighted by Crippen LogP contribution is -2.30. The molecule has 0 saturated heterocycles. The molecule has 1 unspecified atom stereocenters. The van der Waals surface area contributed by atoms with Crippen LogP contribution in [0.3, 0.4) is 0 Å². The predicted molar refractivity (Wildman–Crippen MR) is 312 cm³/mol. The topological polar surface area (TPSA) is 78.9 Å². The fourth-order valence-electron chi connectivity index (χ4n) is 9.10. The summed E-state index contributed by atoms with van der Waals surface area (Å²) in [5, 5.41) is 0. The van der Waals surface area contributed by atoms with E-state index in [2.05, 4.69) is 75.5 Å². The first-order valence-corrected chi connectivity index (χ1v) is 31.3. The van der Waals surface area contributed by atoms with Crippen LogP contribution < -0.4 is 0 Å². The van der Waals surface area contributed by atoms with Gasteiger partial charge in [-0.05, 0) is 70.6 Å². The third kappa shape index (κ3) is 58.0. The van der Waals surface area contributed by atoms with Gasteiger partial charge in [0, 0.05) is 19.3 Å². The normalized spacial score (nSPS) is 12.4. The molecular formula is C66H118O6. The average molecular weight is 1010 g/mol. The molecule has 0 bridgehead atoms. The lowest BCUT2D eigenvalue weighted by Gasteiger charge is -2.18. The highest BCUT2D eigenvalue weighted by atomic mass is 16.6. The first-order valence-electron chi connectivity index (χ1n) is 31.3. The number of esters is 3. The molecule has 6 heteroatoms. The summed E-state index contributed by atoms with van der Waals surface area (Å²) in [6.45, 7) is 6.51. The smallest absolute Gasteiger partial charge is 0.306 e. The van der Waals surface area contributed by atoms with E-state index in [1.807, 2.05) is 6.08 Å². The van der Waals surface area contributed by atoms with Gasteiger partial charge in [-0.1, -0.05) is 293 Å². The molecule has 0 heterocycles. The largest absolute Gasteiger partial charge is 0.462 e. The van der Waals surface area contributed by atoms with Crippen molar-refractivity contribution in [3.05, 3.63) is 60.8 Å². The van der Waals surface area contributed by atoms with Crippen LogP contribution in [0.15, 0.2) is 60.8 Å². The quantitative estimate of drug-likeness (QED) is 0.0261. The minimum atomic E-state index is -0.802. The van der Waals surface area contributed by atoms with Crippen molar-refractivity contribution in [3.8, 4) is 0 Å². The zero-order valence-electron chi connectivity index (χ0n) is 47.9. The molecule has 0 aromatic heterocycles. The highest BCUT2D eigenvalue weighted by Crippen LogP contribution is 2.17. The molecule has 0 radical (unpaired) electrons. The first-order chi connectivity index (χ1) is 35.5. The molecule has 0 rings (SSSR count). The van der Waals surface area contributed by atoms with E-state index in [-0.39, 0.29) is 37.5 Å². The third-order valence-electron chi connectivity index (χ3n) is 13.8. The highest BCUT2D eigenvalue weighted by molar-refractivity contribution is 5.71. The van der Waals surface area contributed by atoms with E-state index < -0.39 is 6.10 Å². The molecule has 0 saturated carbocycles. The van der Waals surface area contributed by atoms with Crippen LogP contribution in [-0.4, -0.2) is 37.2 Å². The van der Waals surface area contributed by atoms with Gasteiger partial charge in [0.1, 0.15) is 13.2 Å². The Bertz CT molecular complexity index is 1290. The molecule has 0 N–H and O–H groups in total. The van der Waals surface area contributed by atoms with E-state index in [0.29, 0.717) is 19.3 Å². The number of carbonyl (C=O) groups excluding carboxylic acids is 3. The van der Waals surface area contributed by atoms with Crippen LogP contribution in [0.2, 0.25) is 0 Å². The molecule has 418 valence electrons. The van der Waals surface area contributed by atoms with Crippen LogP contribution in [0.4, 0.5) is 0 Å². The van der Waals surface area contributed by atoms with Gasteiger partial charge in [-0.15, -0.1) is 0 Å². The van der Waals surface area contributed by atoms with Gasteiger partial charge in [-0.3, -0.25) is 14.4 Å². The van der Waals surface area contributed by atoms with Gasteiger partial charge >= 0.3 is 17.9 Å². The fourth-order valence-corrected chi connectivity index (χ4v) is 9.10. The molecule has 72 heavy (non-hydrogen) atoms. The zero-order valence-corrected chi connectivity index (χ0v) is 47.9. The summed E-state index contributed by atoms with van der Waals surface area (Å²) in [7, 11) is 0. The molecule has 0 aromatic rings. The second kappa shape index (κ2) is 60.7. The number of unbranched alkanes of at least 4 members (excludes halogenated alkanes) is 36. The van der Waals surface area contributed by atoms with Crippen molar-refractivity contribution in [2.45, 2.75) is 329 Å². The van der Waals surface area contributed by atoms with E-state index in [1.54, 1.807) is 0 Å². The molecule has 0 aliphatic heterocycles. The minimum Gasteiger partial charge on any atom is -0.462 e. The predicted octanol–water partition coefficient (Wildman–Crippen LogP) is 21.2. The molecule has 0 fully saturated rings. The molecule has 0 aliphatic rings. The van der Waals surface area contributed by atoms with Crippen LogP contribution in [0, 0.1) is 0 Å². The Morgan fingerprint density at radius 1 is 0.292 bits per heavy atom. The van der Waals surface area contributed by atoms with Crippen molar-refractivity contribution in [1.82, 2.24) is 0 Å². The monoisotopic (exact) mass is 1010 g/mol. The van der Waals surface area contributed by atoms with Crippen LogP contribution >= 0.6 is 0 Å². The molecule has 1 atom stereocenters. The Morgan fingerprint density at radius 3 is 0.931 bits per heavy atom. The van der Waals surface area contributed by atoms with Gasteiger partial charge in [0.15, 0.2) is 6.10 Å². The van der Waals surface area contributed by atoms with Gasteiger partial charge in [-0.25, -0.2) is 0 Å². The Hall–Kier alpha value is -2.89. The fraction of sp³-hybridized carbons (Fsp3) is 0.803. The molecule has 0 aromatic carbocycles. The molecule has 0 aliphatic carbocycles. The Kier molecular flexibility index (Phi) is 58.2. The van der Waals surface area contributed by atoms with Gasteiger partial charge < -0.3 is 14.2 Å². The Labute approximate surface area is 447 Å². The van der Waals surface area contributed by atoms with Crippen molar-refractivity contribution >= 4 is 17.9 Å². The molecule has 0 amide bonds. The van der Waals surface area contributed by atoms with Crippen LogP contribution in [-0.2, 0) is 28.6 Å². The maximum Gasteiger partial charge on any atom is 0.306 e. The van der Waals surface area contributed by atoms with Crippen LogP contribution in [0.5, 0.6) is 0 Å². The average Bonchev–Trinajstić information content (AvgIpc) is 3.38. The Balaban J connectivity index is 4.34. The number of carbonyl (C=O) groups is 3. The SMILES string of the molecule is CC/C=C\C/C=C\C/C=C\C/C=C\CCC(=O)OCC(COC(=O)CCCCCCCCCCC/C=C\CCCCCCCCCC)OC(=O)CCCCCCCCCCCCCCCCCCCCCC. The van der Waals surface area contributed by atoms with Crippen molar-refractivity contribution < 1.29 is 28.6 Å². The van der Waals surface area contributed by atoms with E-state index >= 15 is 0 Å². The lowest BCUT2D eigenvalue weighted by molar-refractivity contribution is -0.166. The summed E-state index contributed by atoms with van der Waals surface area (Å²) in [6.07, 6.45) is 76.7. The molecule has 6 nitrogen and oxygen atoms in total. The van der Waals surface area contributed by atoms with Crippen molar-refractivity contribution in [2.24, 2.45) is 0 Å². The van der Waals surface area contributed by atoms with Gasteiger partial charge in [0.25, 0.3) is 0 Å². The summed E-state index contributed by atoms with van der Waals surface area (Å²) in [4.78, 5) is 38.2. The Morgan fingerprint density at radius 2 is 0.569 bits per heavy atom. The number of hydrogen-bond donors (Lipinski definition) is 0. The van der Waals surface area contributed by atoms with E-state index in [1.165, 1.54) is 212 Å². The second-order valence-corrected chi connectivity index (χ2v) is 20.9. The number of rotatable bonds is 57. The maximum atomic E-state index is 12.9. The van der Waals surface area contributed by atoms with Gasteiger partial charge in [0.2, 0.25) is 0 Å². The van der Waals surface area contributed by atoms with Crippen LogP contribution in [0.25, 0.3) is 0 Å². The van der Waals surface area contributed by atoms with E-state index in [0.717, 1.165) is 64.2 Å². The minimum absolute atomic E-state index is 0.0942. The number of allylic oxidation sites excluding steroid dienone is 10. The summed E-state index contributed by atoms with van der Waals surface area (Å²) >= 11 is 0. The first kappa shape index (κ1) is 69.1. The van der Waals surface area contributed by atoms with Crippen molar-refractivity contribution in [3.63, 3.8) is 0 Å². The highest BCUT2D eigenvalue weighted by Gasteiger charge is 2.19. The van der Waals surface area contributed by atoms with Crippen molar-refractivity contribution in [1.29, 1.82) is 0 Å². The van der Waals surface area contributed by atoms with Gasteiger partial charge in [0.05, 0.1) is 0 Å². The number of hydrogen-bond acceptors (Lipinski definition) is 6. The van der Waals surface area contributed by atoms with Gasteiger partial charge in [-0.2, -0.15) is 0 Å². The summed E-state index contributed by atoms with van der Waals surface area (Å²) in [5.41, 5.74) is 0.